The average Bonchev–Trinajstić information content (AvgIpc) is 3.20. The summed E-state index contributed by atoms with van der Waals surface area (Å²) in [5.74, 6) is -4.54. The van der Waals surface area contributed by atoms with Crippen molar-refractivity contribution >= 4 is 59.0 Å². The van der Waals surface area contributed by atoms with Crippen LogP contribution in [0.3, 0.4) is 0 Å². The van der Waals surface area contributed by atoms with Gasteiger partial charge in [-0.2, -0.15) is 13.2 Å². The van der Waals surface area contributed by atoms with Gasteiger partial charge < -0.3 is 16.2 Å². The number of tetrazole rings is 1. The Morgan fingerprint density at radius 3 is 2.71 bits per heavy atom. The summed E-state index contributed by atoms with van der Waals surface area (Å²) in [6, 6.07) is -1.02. The van der Waals surface area contributed by atoms with Crippen LogP contribution in [0.5, 0.6) is 0 Å². The number of amides is 3. The van der Waals surface area contributed by atoms with Gasteiger partial charge in [-0.3, -0.25) is 19.3 Å². The van der Waals surface area contributed by atoms with Crippen LogP contribution in [0.15, 0.2) is 16.4 Å². The van der Waals surface area contributed by atoms with Gasteiger partial charge in [0.05, 0.1) is 18.1 Å². The number of nitrogens with one attached hydrogen (secondary N) is 1. The molecule has 12 nitrogen and oxygen atoms in total. The topological polar surface area (TPSA) is 173 Å². The van der Waals surface area contributed by atoms with Crippen LogP contribution in [0.25, 0.3) is 0 Å². The number of aromatic nitrogens is 4. The van der Waals surface area contributed by atoms with Gasteiger partial charge in [-0.1, -0.05) is 11.8 Å². The molecular formula is C16H18F3N7O5S3. The third-order valence-electron chi connectivity index (χ3n) is 4.51. The van der Waals surface area contributed by atoms with E-state index in [4.69, 9.17) is 5.73 Å². The molecule has 18 heteroatoms. The van der Waals surface area contributed by atoms with Crippen LogP contribution < -0.4 is 11.1 Å². The molecular weight excluding hydrogens is 523 g/mol. The third-order valence-corrected chi connectivity index (χ3v) is 7.89. The number of rotatable bonds is 11. The number of alkyl halides is 3. The largest absolute Gasteiger partial charge is 0.477 e. The van der Waals surface area contributed by atoms with Crippen LogP contribution in [0.1, 0.15) is 6.42 Å². The molecule has 0 spiro atoms. The zero-order chi connectivity index (χ0) is 25.0. The predicted octanol–water partition coefficient (Wildman–Crippen LogP) is -0.325. The molecule has 2 atom stereocenters. The molecule has 2 aliphatic heterocycles. The van der Waals surface area contributed by atoms with Crippen molar-refractivity contribution in [3.8, 4) is 0 Å². The van der Waals surface area contributed by atoms with Crippen molar-refractivity contribution < 1.29 is 37.5 Å². The number of hydrogen-bond acceptors (Lipinski definition) is 10. The molecule has 0 aliphatic carbocycles. The highest BCUT2D eigenvalue weighted by Gasteiger charge is 2.54. The summed E-state index contributed by atoms with van der Waals surface area (Å²) in [7, 11) is 0. The molecule has 0 saturated carbocycles. The molecule has 1 aromatic rings. The molecule has 0 radical (unpaired) electrons. The summed E-state index contributed by atoms with van der Waals surface area (Å²) in [6.45, 7) is 0.152. The lowest BCUT2D eigenvalue weighted by atomic mass is 10.0. The third kappa shape index (κ3) is 6.35. The summed E-state index contributed by atoms with van der Waals surface area (Å²) < 4.78 is 38.0. The van der Waals surface area contributed by atoms with Crippen molar-refractivity contribution in [2.45, 2.75) is 35.7 Å². The highest BCUT2D eigenvalue weighted by Crippen LogP contribution is 2.41. The Morgan fingerprint density at radius 1 is 1.32 bits per heavy atom. The molecule has 1 aromatic heterocycles. The molecule has 4 N–H and O–H groups in total. The highest BCUT2D eigenvalue weighted by molar-refractivity contribution is 8.01. The summed E-state index contributed by atoms with van der Waals surface area (Å²) in [5, 5.41) is 22.8. The van der Waals surface area contributed by atoms with E-state index in [1.165, 1.54) is 16.4 Å². The minimum absolute atomic E-state index is 0.0172. The van der Waals surface area contributed by atoms with Crippen molar-refractivity contribution in [1.29, 1.82) is 0 Å². The second-order valence-corrected chi connectivity index (χ2v) is 10.0. The normalized spacial score (nSPS) is 20.1. The van der Waals surface area contributed by atoms with Gasteiger partial charge in [0.2, 0.25) is 17.0 Å². The second kappa shape index (κ2) is 10.9. The minimum atomic E-state index is -4.41. The average molecular weight is 542 g/mol. The number of aliphatic carboxylic acids is 1. The van der Waals surface area contributed by atoms with Crippen molar-refractivity contribution in [2.75, 3.05) is 23.0 Å². The molecule has 1 fully saturated rings. The van der Waals surface area contributed by atoms with Crippen LogP contribution in [0, 0.1) is 0 Å². The minimum Gasteiger partial charge on any atom is -0.477 e. The number of aryl methyl sites for hydroxylation is 1. The molecule has 3 amide bonds. The van der Waals surface area contributed by atoms with Gasteiger partial charge >= 0.3 is 12.1 Å². The number of fused-ring (bicyclic) bond motifs is 1. The first-order chi connectivity index (χ1) is 16.0. The fourth-order valence-electron chi connectivity index (χ4n) is 3.08. The summed E-state index contributed by atoms with van der Waals surface area (Å²) in [4.78, 5) is 48.5. The number of β-lactam (4-membered cyclic amide) rings is 1. The van der Waals surface area contributed by atoms with Gasteiger partial charge in [0.15, 0.2) is 0 Å². The van der Waals surface area contributed by atoms with Crippen LogP contribution in [-0.2, 0) is 25.7 Å². The zero-order valence-electron chi connectivity index (χ0n) is 17.1. The molecule has 1 saturated heterocycles. The van der Waals surface area contributed by atoms with Gasteiger partial charge in [0.1, 0.15) is 17.1 Å². The molecule has 2 aliphatic rings. The highest BCUT2D eigenvalue weighted by atomic mass is 32.2. The summed E-state index contributed by atoms with van der Waals surface area (Å²) in [5.41, 5.74) is 5.34. The standard InChI is InChI=1S/C16H18F3N7O5S3/c17-16(18,19)6-32-5-9(28)21-10-12(29)26-11(14(30)31)7(3-33-13(10)26)4-34-15-22-23-24-25(15)2-1-8(20)27/h10,13H,1-6H2,(H2,20,27)(H,21,28)(H,30,31). The Morgan fingerprint density at radius 2 is 2.06 bits per heavy atom. The van der Waals surface area contributed by atoms with E-state index in [-0.39, 0.29) is 30.2 Å². The maximum Gasteiger partial charge on any atom is 0.397 e. The lowest BCUT2D eigenvalue weighted by Gasteiger charge is -2.49. The number of carboxylic acid groups (broad SMARTS) is 1. The lowest BCUT2D eigenvalue weighted by molar-refractivity contribution is -0.150. The summed E-state index contributed by atoms with van der Waals surface area (Å²) in [6.07, 6.45) is -4.39. The smallest absolute Gasteiger partial charge is 0.397 e. The second-order valence-electron chi connectivity index (χ2n) is 7.01. The molecule has 3 heterocycles. The number of hydrogen-bond donors (Lipinski definition) is 3. The van der Waals surface area contributed by atoms with E-state index < -0.39 is 52.8 Å². The van der Waals surface area contributed by atoms with Gasteiger partial charge in [0.25, 0.3) is 5.91 Å². The van der Waals surface area contributed by atoms with Crippen LogP contribution in [0.2, 0.25) is 0 Å². The maximum absolute atomic E-state index is 12.6. The van der Waals surface area contributed by atoms with Crippen LogP contribution >= 0.6 is 35.3 Å². The number of thioether (sulfide) groups is 3. The van der Waals surface area contributed by atoms with Crippen LogP contribution in [0.4, 0.5) is 13.2 Å². The van der Waals surface area contributed by atoms with Crippen molar-refractivity contribution in [1.82, 2.24) is 30.4 Å². The Bertz CT molecular complexity index is 1020. The van der Waals surface area contributed by atoms with E-state index in [9.17, 15) is 37.5 Å². The predicted molar refractivity (Wildman–Crippen MR) is 115 cm³/mol. The molecule has 3 rings (SSSR count). The molecule has 186 valence electrons. The first kappa shape index (κ1) is 26.1. The molecule has 2 unspecified atom stereocenters. The number of primary amides is 1. The van der Waals surface area contributed by atoms with E-state index in [0.29, 0.717) is 22.5 Å². The first-order valence-corrected chi connectivity index (χ1v) is 12.7. The van der Waals surface area contributed by atoms with E-state index in [0.717, 1.165) is 16.7 Å². The van der Waals surface area contributed by atoms with E-state index in [1.807, 2.05) is 0 Å². The quantitative estimate of drug-likeness (QED) is 0.247. The fraction of sp³-hybridized carbons (Fsp3) is 0.562. The fourth-order valence-corrected chi connectivity index (χ4v) is 6.07. The number of carbonyl (C=O) groups is 4. The number of carboxylic acids is 1. The maximum atomic E-state index is 12.6. The van der Waals surface area contributed by atoms with Gasteiger partial charge in [-0.15, -0.1) is 28.6 Å². The van der Waals surface area contributed by atoms with E-state index in [2.05, 4.69) is 20.8 Å². The lowest BCUT2D eigenvalue weighted by Crippen LogP contribution is -2.70. The summed E-state index contributed by atoms with van der Waals surface area (Å²) >= 11 is 2.73. The Kier molecular flexibility index (Phi) is 8.34. The van der Waals surface area contributed by atoms with Gasteiger partial charge in [0, 0.05) is 17.9 Å². The van der Waals surface area contributed by atoms with E-state index >= 15 is 0 Å². The molecule has 0 bridgehead atoms. The van der Waals surface area contributed by atoms with E-state index in [1.54, 1.807) is 0 Å². The van der Waals surface area contributed by atoms with Crippen molar-refractivity contribution in [3.63, 3.8) is 0 Å². The number of nitrogens with zero attached hydrogens (tertiary/aromatic N) is 5. The monoisotopic (exact) mass is 541 g/mol. The number of halogens is 3. The number of carbonyl (C=O) groups excluding carboxylic acids is 3. The van der Waals surface area contributed by atoms with Crippen molar-refractivity contribution in [3.05, 3.63) is 11.3 Å². The van der Waals surface area contributed by atoms with Crippen LogP contribution in [-0.4, -0.2) is 94.5 Å². The Hall–Kier alpha value is -2.47. The molecule has 0 aromatic carbocycles. The zero-order valence-corrected chi connectivity index (χ0v) is 19.6. The Balaban J connectivity index is 1.62. The Labute approximate surface area is 202 Å². The SMILES string of the molecule is NC(=O)CCn1nnnc1SCC1=C(C(=O)O)N2C(=O)C(NC(=O)CSCC(F)(F)F)C2SC1. The first-order valence-electron chi connectivity index (χ1n) is 9.49. The number of nitrogens with two attached hydrogens (primary N) is 1. The van der Waals surface area contributed by atoms with Gasteiger partial charge in [-0.05, 0) is 16.0 Å². The molecule has 34 heavy (non-hydrogen) atoms. The van der Waals surface area contributed by atoms with Gasteiger partial charge in [-0.25, -0.2) is 9.48 Å². The van der Waals surface area contributed by atoms with Crippen molar-refractivity contribution in [2.24, 2.45) is 5.73 Å².